The summed E-state index contributed by atoms with van der Waals surface area (Å²) in [5.41, 5.74) is 1.84. The molecule has 1 amide bonds. The number of fused-ring (bicyclic) bond motifs is 1. The standard InChI is InChI=1S/C22H25FN2O3S2/c1-15-5-7-17(8-6-15)30(27,28)25-12-9-16(10-13-25)22(26)24-20-11-14-29-21-18(20)3-2-4-19(21)23/h2-8,16,20H,9-14H2,1H3,(H,24,26)/t20-/m1/s1. The minimum atomic E-state index is -3.54. The maximum absolute atomic E-state index is 14.1. The lowest BCUT2D eigenvalue weighted by Gasteiger charge is -2.32. The van der Waals surface area contributed by atoms with Crippen molar-refractivity contribution in [1.29, 1.82) is 0 Å². The lowest BCUT2D eigenvalue weighted by molar-refractivity contribution is -0.127. The molecule has 2 aromatic rings. The first-order valence-corrected chi connectivity index (χ1v) is 12.6. The molecule has 8 heteroatoms. The fraction of sp³-hybridized carbons (Fsp3) is 0.409. The molecule has 2 heterocycles. The Morgan fingerprint density at radius 1 is 1.10 bits per heavy atom. The van der Waals surface area contributed by atoms with E-state index in [2.05, 4.69) is 5.32 Å². The number of amides is 1. The number of aryl methyl sites for hydroxylation is 1. The normalized spacial score (nSPS) is 20.5. The molecule has 30 heavy (non-hydrogen) atoms. The summed E-state index contributed by atoms with van der Waals surface area (Å²) in [4.78, 5) is 13.8. The number of nitrogens with one attached hydrogen (secondary N) is 1. The second kappa shape index (κ2) is 8.69. The fourth-order valence-corrected chi connectivity index (χ4v) is 6.65. The molecule has 0 aliphatic carbocycles. The summed E-state index contributed by atoms with van der Waals surface area (Å²) in [5.74, 6) is 0.202. The summed E-state index contributed by atoms with van der Waals surface area (Å²) in [6, 6.07) is 11.6. The molecule has 0 bridgehead atoms. The molecule has 0 aromatic heterocycles. The van der Waals surface area contributed by atoms with Crippen LogP contribution in [0.5, 0.6) is 0 Å². The van der Waals surface area contributed by atoms with E-state index in [0.29, 0.717) is 30.8 Å². The molecule has 4 rings (SSSR count). The molecule has 1 saturated heterocycles. The Bertz CT molecular complexity index is 1030. The van der Waals surface area contributed by atoms with Crippen LogP contribution in [0.1, 0.15) is 36.4 Å². The topological polar surface area (TPSA) is 66.5 Å². The first kappa shape index (κ1) is 21.3. The van der Waals surface area contributed by atoms with E-state index in [9.17, 15) is 17.6 Å². The lowest BCUT2D eigenvalue weighted by Crippen LogP contribution is -2.44. The van der Waals surface area contributed by atoms with E-state index in [1.807, 2.05) is 13.0 Å². The van der Waals surface area contributed by atoms with Crippen molar-refractivity contribution in [2.45, 2.75) is 42.0 Å². The third-order valence-electron chi connectivity index (χ3n) is 5.83. The van der Waals surface area contributed by atoms with Gasteiger partial charge in [0.1, 0.15) is 5.82 Å². The smallest absolute Gasteiger partial charge is 0.243 e. The van der Waals surface area contributed by atoms with Gasteiger partial charge in [-0.2, -0.15) is 4.31 Å². The van der Waals surface area contributed by atoms with Crippen molar-refractivity contribution in [1.82, 2.24) is 9.62 Å². The summed E-state index contributed by atoms with van der Waals surface area (Å²) < 4.78 is 41.2. The summed E-state index contributed by atoms with van der Waals surface area (Å²) in [5, 5.41) is 3.08. The van der Waals surface area contributed by atoms with Gasteiger partial charge < -0.3 is 5.32 Å². The second-order valence-electron chi connectivity index (χ2n) is 7.85. The van der Waals surface area contributed by atoms with E-state index in [1.54, 1.807) is 30.3 Å². The number of nitrogens with zero attached hydrogens (tertiary/aromatic N) is 1. The van der Waals surface area contributed by atoms with Crippen LogP contribution in [-0.2, 0) is 14.8 Å². The van der Waals surface area contributed by atoms with Crippen molar-refractivity contribution in [3.8, 4) is 0 Å². The average Bonchev–Trinajstić information content (AvgIpc) is 2.75. The Balaban J connectivity index is 1.39. The van der Waals surface area contributed by atoms with E-state index in [4.69, 9.17) is 0 Å². The molecule has 0 unspecified atom stereocenters. The van der Waals surface area contributed by atoms with Gasteiger partial charge in [-0.05, 0) is 49.9 Å². The Kier molecular flexibility index (Phi) is 6.18. The van der Waals surface area contributed by atoms with E-state index in [0.717, 1.165) is 23.3 Å². The minimum absolute atomic E-state index is 0.0745. The molecule has 160 valence electrons. The SMILES string of the molecule is Cc1ccc(S(=O)(=O)N2CCC(C(=O)N[C@@H]3CCSc4c(F)cccc43)CC2)cc1. The van der Waals surface area contributed by atoms with E-state index >= 15 is 0 Å². The van der Waals surface area contributed by atoms with Crippen LogP contribution in [-0.4, -0.2) is 37.5 Å². The van der Waals surface area contributed by atoms with Crippen LogP contribution < -0.4 is 5.32 Å². The second-order valence-corrected chi connectivity index (χ2v) is 10.9. The highest BCUT2D eigenvalue weighted by atomic mass is 32.2. The molecule has 2 aromatic carbocycles. The summed E-state index contributed by atoms with van der Waals surface area (Å²) in [6.45, 7) is 2.55. The van der Waals surface area contributed by atoms with E-state index in [1.165, 1.54) is 22.1 Å². The average molecular weight is 449 g/mol. The number of piperidine rings is 1. The zero-order valence-electron chi connectivity index (χ0n) is 16.8. The molecular weight excluding hydrogens is 423 g/mol. The number of carbonyl (C=O) groups excluding carboxylic acids is 1. The van der Waals surface area contributed by atoms with Crippen LogP contribution in [0.15, 0.2) is 52.3 Å². The Morgan fingerprint density at radius 3 is 2.50 bits per heavy atom. The summed E-state index contributed by atoms with van der Waals surface area (Å²) in [6.07, 6.45) is 1.72. The summed E-state index contributed by atoms with van der Waals surface area (Å²) in [7, 11) is -3.54. The van der Waals surface area contributed by atoms with Gasteiger partial charge in [0.25, 0.3) is 0 Å². The summed E-state index contributed by atoms with van der Waals surface area (Å²) >= 11 is 1.48. The van der Waals surface area contributed by atoms with Crippen molar-refractivity contribution < 1.29 is 17.6 Å². The number of thioether (sulfide) groups is 1. The van der Waals surface area contributed by atoms with Gasteiger partial charge in [0.2, 0.25) is 15.9 Å². The van der Waals surface area contributed by atoms with Crippen LogP contribution >= 0.6 is 11.8 Å². The Morgan fingerprint density at radius 2 is 1.80 bits per heavy atom. The zero-order chi connectivity index (χ0) is 21.3. The Labute approximate surface area is 181 Å². The van der Waals surface area contributed by atoms with Gasteiger partial charge in [-0.3, -0.25) is 4.79 Å². The molecule has 2 aliphatic heterocycles. The molecule has 1 atom stereocenters. The third kappa shape index (κ3) is 4.26. The molecule has 0 saturated carbocycles. The highest BCUT2D eigenvalue weighted by molar-refractivity contribution is 7.99. The van der Waals surface area contributed by atoms with Gasteiger partial charge in [-0.25, -0.2) is 12.8 Å². The van der Waals surface area contributed by atoms with E-state index < -0.39 is 10.0 Å². The van der Waals surface area contributed by atoms with Crippen molar-refractivity contribution in [3.05, 3.63) is 59.4 Å². The van der Waals surface area contributed by atoms with Gasteiger partial charge in [-0.15, -0.1) is 11.8 Å². The number of benzene rings is 2. The highest BCUT2D eigenvalue weighted by Crippen LogP contribution is 2.38. The molecule has 0 radical (unpaired) electrons. The van der Waals surface area contributed by atoms with Crippen LogP contribution in [0.25, 0.3) is 0 Å². The lowest BCUT2D eigenvalue weighted by atomic mass is 9.95. The van der Waals surface area contributed by atoms with Gasteiger partial charge in [0.15, 0.2) is 0 Å². The predicted octanol–water partition coefficient (Wildman–Crippen LogP) is 3.89. The number of rotatable bonds is 4. The fourth-order valence-electron chi connectivity index (χ4n) is 4.04. The molecular formula is C22H25FN2O3S2. The largest absolute Gasteiger partial charge is 0.349 e. The quantitative estimate of drug-likeness (QED) is 0.771. The van der Waals surface area contributed by atoms with Crippen LogP contribution in [0.3, 0.4) is 0 Å². The number of halogens is 1. The molecule has 2 aliphatic rings. The maximum atomic E-state index is 14.1. The van der Waals surface area contributed by atoms with Crippen molar-refractivity contribution in [3.63, 3.8) is 0 Å². The molecule has 1 fully saturated rings. The number of hydrogen-bond donors (Lipinski definition) is 1. The van der Waals surface area contributed by atoms with E-state index in [-0.39, 0.29) is 28.6 Å². The van der Waals surface area contributed by atoms with Gasteiger partial charge in [0, 0.05) is 29.7 Å². The highest BCUT2D eigenvalue weighted by Gasteiger charge is 2.33. The monoisotopic (exact) mass is 448 g/mol. The number of hydrogen-bond acceptors (Lipinski definition) is 4. The van der Waals surface area contributed by atoms with Crippen molar-refractivity contribution in [2.75, 3.05) is 18.8 Å². The Hall–Kier alpha value is -1.90. The van der Waals surface area contributed by atoms with Crippen molar-refractivity contribution >= 4 is 27.7 Å². The van der Waals surface area contributed by atoms with Gasteiger partial charge in [0.05, 0.1) is 10.9 Å². The predicted molar refractivity (Wildman–Crippen MR) is 115 cm³/mol. The third-order valence-corrected chi connectivity index (χ3v) is 8.90. The van der Waals surface area contributed by atoms with Gasteiger partial charge >= 0.3 is 0 Å². The van der Waals surface area contributed by atoms with Crippen LogP contribution in [0, 0.1) is 18.7 Å². The maximum Gasteiger partial charge on any atom is 0.243 e. The number of sulfonamides is 1. The first-order chi connectivity index (χ1) is 14.4. The van der Waals surface area contributed by atoms with Crippen LogP contribution in [0.4, 0.5) is 4.39 Å². The first-order valence-electron chi connectivity index (χ1n) is 10.1. The van der Waals surface area contributed by atoms with Crippen LogP contribution in [0.2, 0.25) is 0 Å². The zero-order valence-corrected chi connectivity index (χ0v) is 18.4. The molecule has 1 N–H and O–H groups in total. The minimum Gasteiger partial charge on any atom is -0.349 e. The molecule has 5 nitrogen and oxygen atoms in total. The molecule has 0 spiro atoms. The van der Waals surface area contributed by atoms with Crippen molar-refractivity contribution in [2.24, 2.45) is 5.92 Å². The number of carbonyl (C=O) groups is 1. The van der Waals surface area contributed by atoms with Gasteiger partial charge in [-0.1, -0.05) is 29.8 Å².